The Morgan fingerprint density at radius 3 is 2.81 bits per heavy atom. The molecule has 1 amide bonds. The minimum atomic E-state index is -0.345. The van der Waals surface area contributed by atoms with Crippen LogP contribution < -0.4 is 5.32 Å². The van der Waals surface area contributed by atoms with E-state index >= 15 is 0 Å². The van der Waals surface area contributed by atoms with E-state index in [2.05, 4.69) is 15.4 Å². The van der Waals surface area contributed by atoms with E-state index in [9.17, 15) is 9.90 Å². The molecule has 0 spiro atoms. The number of benzene rings is 2. The van der Waals surface area contributed by atoms with Crippen LogP contribution in [0.15, 0.2) is 53.6 Å². The summed E-state index contributed by atoms with van der Waals surface area (Å²) in [6.07, 6.45) is 0. The number of pyridine rings is 1. The van der Waals surface area contributed by atoms with Crippen molar-refractivity contribution in [2.45, 2.75) is 13.5 Å². The minimum absolute atomic E-state index is 0.205. The van der Waals surface area contributed by atoms with Gasteiger partial charge in [-0.25, -0.2) is 10.5 Å². The summed E-state index contributed by atoms with van der Waals surface area (Å²) in [5.41, 5.74) is 9.84. The molecule has 3 N–H and O–H groups in total. The SMILES string of the molecule is Cc1cc(CO)c2c(N=N)c(C(=O)Nc3cccc4ccccc34)sc2n1. The van der Waals surface area contributed by atoms with Crippen LogP contribution in [0.1, 0.15) is 20.9 Å². The van der Waals surface area contributed by atoms with Crippen LogP contribution in [0.5, 0.6) is 0 Å². The van der Waals surface area contributed by atoms with Crippen molar-refractivity contribution < 1.29 is 9.90 Å². The standard InChI is InChI=1S/C20H16N4O2S/c1-11-9-13(10-25)16-17(24-21)18(27-20(16)22-11)19(26)23-15-8-4-6-12-5-2-3-7-14(12)15/h2-9,21,25H,10H2,1H3,(H,23,26). The number of aliphatic hydroxyl groups excluding tert-OH is 1. The van der Waals surface area contributed by atoms with Gasteiger partial charge in [0.1, 0.15) is 15.4 Å². The molecule has 6 nitrogen and oxygen atoms in total. The van der Waals surface area contributed by atoms with Crippen LogP contribution in [0.2, 0.25) is 0 Å². The van der Waals surface area contributed by atoms with Crippen LogP contribution in [-0.2, 0) is 6.61 Å². The van der Waals surface area contributed by atoms with E-state index in [1.807, 2.05) is 49.4 Å². The summed E-state index contributed by atoms with van der Waals surface area (Å²) in [6, 6.07) is 15.2. The van der Waals surface area contributed by atoms with Crippen LogP contribution in [0.3, 0.4) is 0 Å². The number of hydrogen-bond acceptors (Lipinski definition) is 6. The zero-order valence-electron chi connectivity index (χ0n) is 14.5. The Balaban J connectivity index is 1.82. The van der Waals surface area contributed by atoms with E-state index in [0.717, 1.165) is 16.5 Å². The van der Waals surface area contributed by atoms with E-state index in [0.29, 0.717) is 26.3 Å². The van der Waals surface area contributed by atoms with Crippen molar-refractivity contribution in [1.82, 2.24) is 4.98 Å². The van der Waals surface area contributed by atoms with Crippen molar-refractivity contribution in [3.05, 3.63) is 64.7 Å². The van der Waals surface area contributed by atoms with E-state index in [-0.39, 0.29) is 18.2 Å². The topological polar surface area (TPSA) is 98.4 Å². The molecule has 0 saturated carbocycles. The Labute approximate surface area is 159 Å². The maximum atomic E-state index is 13.0. The molecule has 134 valence electrons. The Morgan fingerprint density at radius 2 is 2.04 bits per heavy atom. The number of carbonyl (C=O) groups is 1. The van der Waals surface area contributed by atoms with Gasteiger partial charge in [0.05, 0.1) is 6.61 Å². The fourth-order valence-electron chi connectivity index (χ4n) is 3.19. The van der Waals surface area contributed by atoms with E-state index in [1.165, 1.54) is 11.3 Å². The molecule has 7 heteroatoms. The van der Waals surface area contributed by atoms with Gasteiger partial charge in [-0.2, -0.15) is 5.11 Å². The first kappa shape index (κ1) is 17.3. The largest absolute Gasteiger partial charge is 0.392 e. The van der Waals surface area contributed by atoms with E-state index in [1.54, 1.807) is 6.07 Å². The predicted molar refractivity (Wildman–Crippen MR) is 107 cm³/mol. The molecular weight excluding hydrogens is 360 g/mol. The smallest absolute Gasteiger partial charge is 0.268 e. The summed E-state index contributed by atoms with van der Waals surface area (Å²) >= 11 is 1.18. The van der Waals surface area contributed by atoms with Crippen molar-refractivity contribution in [2.24, 2.45) is 5.11 Å². The van der Waals surface area contributed by atoms with Gasteiger partial charge >= 0.3 is 0 Å². The van der Waals surface area contributed by atoms with Gasteiger partial charge in [0, 0.05) is 22.2 Å². The summed E-state index contributed by atoms with van der Waals surface area (Å²) in [5, 5.41) is 18.7. The quantitative estimate of drug-likeness (QED) is 0.429. The highest BCUT2D eigenvalue weighted by Crippen LogP contribution is 2.40. The highest BCUT2D eigenvalue weighted by molar-refractivity contribution is 7.21. The summed E-state index contributed by atoms with van der Waals surface area (Å²) in [7, 11) is 0. The molecule has 0 aliphatic heterocycles. The lowest BCUT2D eigenvalue weighted by Crippen LogP contribution is -2.10. The number of nitrogens with zero attached hydrogens (tertiary/aromatic N) is 2. The van der Waals surface area contributed by atoms with Gasteiger partial charge < -0.3 is 10.4 Å². The molecule has 0 atom stereocenters. The Hall–Kier alpha value is -3.16. The van der Waals surface area contributed by atoms with Gasteiger partial charge in [-0.3, -0.25) is 4.79 Å². The highest BCUT2D eigenvalue weighted by Gasteiger charge is 2.22. The van der Waals surface area contributed by atoms with Crippen molar-refractivity contribution in [3.63, 3.8) is 0 Å². The minimum Gasteiger partial charge on any atom is -0.392 e. The van der Waals surface area contributed by atoms with E-state index < -0.39 is 0 Å². The number of rotatable bonds is 4. The van der Waals surface area contributed by atoms with Gasteiger partial charge in [0.15, 0.2) is 0 Å². The number of amides is 1. The molecular formula is C20H16N4O2S. The van der Waals surface area contributed by atoms with Gasteiger partial charge in [-0.1, -0.05) is 36.4 Å². The molecule has 0 saturated heterocycles. The van der Waals surface area contributed by atoms with Gasteiger partial charge in [-0.05, 0) is 30.0 Å². The van der Waals surface area contributed by atoms with Crippen LogP contribution >= 0.6 is 11.3 Å². The van der Waals surface area contributed by atoms with E-state index in [4.69, 9.17) is 5.53 Å². The maximum absolute atomic E-state index is 13.0. The number of carbonyl (C=O) groups excluding carboxylic acids is 1. The second-order valence-electron chi connectivity index (χ2n) is 6.13. The molecule has 0 fully saturated rings. The number of fused-ring (bicyclic) bond motifs is 2. The van der Waals surface area contributed by atoms with Crippen molar-refractivity contribution in [3.8, 4) is 0 Å². The monoisotopic (exact) mass is 376 g/mol. The van der Waals surface area contributed by atoms with Gasteiger partial charge in [0.2, 0.25) is 0 Å². The molecule has 4 rings (SSSR count). The molecule has 2 aromatic carbocycles. The number of aromatic nitrogens is 1. The number of anilines is 1. The number of aryl methyl sites for hydroxylation is 1. The second-order valence-corrected chi connectivity index (χ2v) is 7.13. The molecule has 4 aromatic rings. The molecule has 0 radical (unpaired) electrons. The summed E-state index contributed by atoms with van der Waals surface area (Å²) < 4.78 is 0. The predicted octanol–water partition coefficient (Wildman–Crippen LogP) is 5.16. The lowest BCUT2D eigenvalue weighted by molar-refractivity contribution is 0.103. The number of aliphatic hydroxyl groups is 1. The first-order valence-corrected chi connectivity index (χ1v) is 9.14. The van der Waals surface area contributed by atoms with Crippen LogP contribution in [0.25, 0.3) is 21.0 Å². The Morgan fingerprint density at radius 1 is 1.26 bits per heavy atom. The number of nitrogens with one attached hydrogen (secondary N) is 2. The van der Waals surface area contributed by atoms with Crippen LogP contribution in [0.4, 0.5) is 11.4 Å². The summed E-state index contributed by atoms with van der Waals surface area (Å²) in [4.78, 5) is 18.3. The average molecular weight is 376 g/mol. The lowest BCUT2D eigenvalue weighted by atomic mass is 10.1. The molecule has 27 heavy (non-hydrogen) atoms. The van der Waals surface area contributed by atoms with Crippen molar-refractivity contribution in [1.29, 1.82) is 5.53 Å². The molecule has 2 aromatic heterocycles. The van der Waals surface area contributed by atoms with Gasteiger partial charge in [0.25, 0.3) is 5.91 Å². The normalized spacial score (nSPS) is 11.0. The van der Waals surface area contributed by atoms with Crippen LogP contribution in [0, 0.1) is 12.5 Å². The molecule has 0 unspecified atom stereocenters. The lowest BCUT2D eigenvalue weighted by Gasteiger charge is -2.08. The maximum Gasteiger partial charge on any atom is 0.268 e. The highest BCUT2D eigenvalue weighted by atomic mass is 32.1. The number of hydrogen-bond donors (Lipinski definition) is 3. The zero-order valence-corrected chi connectivity index (χ0v) is 15.3. The second kappa shape index (κ2) is 6.86. The van der Waals surface area contributed by atoms with Crippen molar-refractivity contribution in [2.75, 3.05) is 5.32 Å². The first-order chi connectivity index (χ1) is 13.1. The Bertz CT molecular complexity index is 1190. The third-order valence-corrected chi connectivity index (χ3v) is 5.44. The third-order valence-electron chi connectivity index (χ3n) is 4.37. The fraction of sp³-hybridized carbons (Fsp3) is 0.100. The molecule has 2 heterocycles. The molecule has 0 aliphatic carbocycles. The average Bonchev–Trinajstić information content (AvgIpc) is 3.06. The Kier molecular flexibility index (Phi) is 4.39. The molecule has 0 aliphatic rings. The van der Waals surface area contributed by atoms with Crippen molar-refractivity contribution >= 4 is 49.6 Å². The zero-order chi connectivity index (χ0) is 19.0. The first-order valence-electron chi connectivity index (χ1n) is 8.33. The third kappa shape index (κ3) is 2.97. The summed E-state index contributed by atoms with van der Waals surface area (Å²) in [5.74, 6) is -0.345. The summed E-state index contributed by atoms with van der Waals surface area (Å²) in [6.45, 7) is 1.62. The fourth-order valence-corrected chi connectivity index (χ4v) is 4.30. The van der Waals surface area contributed by atoms with Gasteiger partial charge in [-0.15, -0.1) is 11.3 Å². The molecule has 0 bridgehead atoms. The number of thiophene rings is 1. The van der Waals surface area contributed by atoms with Crippen LogP contribution in [-0.4, -0.2) is 16.0 Å².